The summed E-state index contributed by atoms with van der Waals surface area (Å²) in [7, 11) is 3.52. The predicted octanol–water partition coefficient (Wildman–Crippen LogP) is 4.55. The number of benzene rings is 1. The van der Waals surface area contributed by atoms with Gasteiger partial charge in [-0.3, -0.25) is 5.32 Å². The maximum atomic E-state index is 5.73. The van der Waals surface area contributed by atoms with E-state index >= 15 is 0 Å². The molecule has 0 aromatic heterocycles. The molecule has 1 N–H and O–H groups in total. The molecule has 106 valence electrons. The van der Waals surface area contributed by atoms with E-state index in [9.17, 15) is 0 Å². The van der Waals surface area contributed by atoms with Gasteiger partial charge in [-0.15, -0.1) is 0 Å². The average Bonchev–Trinajstić information content (AvgIpc) is 2.40. The van der Waals surface area contributed by atoms with Gasteiger partial charge in [0, 0.05) is 6.04 Å². The molecule has 3 heteroatoms. The van der Waals surface area contributed by atoms with Crippen molar-refractivity contribution >= 4 is 14.5 Å². The van der Waals surface area contributed by atoms with E-state index < -0.39 is 0 Å². The normalized spacial score (nSPS) is 12.2. The SMILES string of the molecule is CCCCCC(CC)NC(=P)Oc1ccc(C)cc1. The van der Waals surface area contributed by atoms with E-state index in [1.807, 2.05) is 24.3 Å². The van der Waals surface area contributed by atoms with Crippen molar-refractivity contribution in [1.29, 1.82) is 0 Å². The minimum atomic E-state index is 0.476. The molecule has 19 heavy (non-hydrogen) atoms. The van der Waals surface area contributed by atoms with Crippen LogP contribution in [0.15, 0.2) is 24.3 Å². The summed E-state index contributed by atoms with van der Waals surface area (Å²) in [4.78, 5) is 0. The zero-order valence-electron chi connectivity index (χ0n) is 12.3. The Morgan fingerprint density at radius 2 is 1.89 bits per heavy atom. The summed E-state index contributed by atoms with van der Waals surface area (Å²) in [6.07, 6.45) is 6.13. The molecule has 0 heterocycles. The summed E-state index contributed by atoms with van der Waals surface area (Å²) < 4.78 is 5.73. The summed E-state index contributed by atoms with van der Waals surface area (Å²) in [5.41, 5.74) is 1.94. The molecule has 0 saturated carbocycles. The highest BCUT2D eigenvalue weighted by Crippen LogP contribution is 2.13. The van der Waals surface area contributed by atoms with Crippen molar-refractivity contribution in [2.75, 3.05) is 0 Å². The average molecular weight is 279 g/mol. The van der Waals surface area contributed by atoms with E-state index in [4.69, 9.17) is 4.74 Å². The summed E-state index contributed by atoms with van der Waals surface area (Å²) >= 11 is 0. The van der Waals surface area contributed by atoms with Crippen LogP contribution in [-0.4, -0.2) is 11.6 Å². The lowest BCUT2D eigenvalue weighted by Crippen LogP contribution is -2.36. The number of rotatable bonds is 9. The second-order valence-corrected chi connectivity index (χ2v) is 5.44. The van der Waals surface area contributed by atoms with Crippen LogP contribution in [0, 0.1) is 6.92 Å². The summed E-state index contributed by atoms with van der Waals surface area (Å²) in [5.74, 6) is 0.853. The van der Waals surface area contributed by atoms with E-state index in [1.165, 1.54) is 31.2 Å². The smallest absolute Gasteiger partial charge is 0.191 e. The van der Waals surface area contributed by atoms with Gasteiger partial charge in [0.1, 0.15) is 5.75 Å². The molecule has 1 rings (SSSR count). The Morgan fingerprint density at radius 1 is 1.21 bits per heavy atom. The zero-order chi connectivity index (χ0) is 14.1. The molecular weight excluding hydrogens is 253 g/mol. The molecule has 0 saturated heterocycles. The monoisotopic (exact) mass is 279 g/mol. The fourth-order valence-electron chi connectivity index (χ4n) is 1.96. The number of hydrogen-bond acceptors (Lipinski definition) is 1. The van der Waals surface area contributed by atoms with Gasteiger partial charge < -0.3 is 4.74 Å². The quantitative estimate of drug-likeness (QED) is 0.529. The minimum Gasteiger partial charge on any atom is -0.443 e. The van der Waals surface area contributed by atoms with E-state index in [2.05, 4.69) is 35.0 Å². The largest absolute Gasteiger partial charge is 0.443 e. The van der Waals surface area contributed by atoms with Gasteiger partial charge >= 0.3 is 0 Å². The second kappa shape index (κ2) is 9.12. The first-order valence-electron chi connectivity index (χ1n) is 7.25. The van der Waals surface area contributed by atoms with Crippen LogP contribution in [0.1, 0.15) is 51.5 Å². The zero-order valence-corrected chi connectivity index (χ0v) is 13.3. The van der Waals surface area contributed by atoms with Crippen molar-refractivity contribution < 1.29 is 4.74 Å². The van der Waals surface area contributed by atoms with Crippen molar-refractivity contribution in [1.82, 2.24) is 5.32 Å². The standard InChI is InChI=1S/C16H26NOP/c1-4-6-7-8-14(5-2)17-16(19)18-15-11-9-13(3)10-12-15/h9-12,14,17,19H,4-8H2,1-3H3. The van der Waals surface area contributed by atoms with Gasteiger partial charge in [0.05, 0.1) is 0 Å². The molecular formula is C16H26NOP. The molecule has 2 nitrogen and oxygen atoms in total. The van der Waals surface area contributed by atoms with Crippen molar-refractivity contribution in [3.63, 3.8) is 0 Å². The van der Waals surface area contributed by atoms with Gasteiger partial charge in [-0.25, -0.2) is 0 Å². The topological polar surface area (TPSA) is 21.3 Å². The van der Waals surface area contributed by atoms with Gasteiger partial charge in [0.25, 0.3) is 0 Å². The van der Waals surface area contributed by atoms with Crippen molar-refractivity contribution in [3.8, 4) is 5.75 Å². The van der Waals surface area contributed by atoms with Gasteiger partial charge in [-0.2, -0.15) is 0 Å². The third-order valence-corrected chi connectivity index (χ3v) is 3.47. The first-order chi connectivity index (χ1) is 9.15. The lowest BCUT2D eigenvalue weighted by molar-refractivity contribution is 0.459. The molecule has 0 bridgehead atoms. The van der Waals surface area contributed by atoms with Crippen LogP contribution in [0.3, 0.4) is 0 Å². The minimum absolute atomic E-state index is 0.476. The van der Waals surface area contributed by atoms with E-state index in [0.29, 0.717) is 11.6 Å². The first-order valence-corrected chi connectivity index (χ1v) is 7.75. The highest BCUT2D eigenvalue weighted by atomic mass is 31.0. The maximum Gasteiger partial charge on any atom is 0.191 e. The Kier molecular flexibility index (Phi) is 7.78. The van der Waals surface area contributed by atoms with Crippen LogP contribution in [0.4, 0.5) is 0 Å². The molecule has 1 atom stereocenters. The molecule has 0 radical (unpaired) electrons. The molecule has 1 unspecified atom stereocenters. The van der Waals surface area contributed by atoms with Crippen LogP contribution in [0.5, 0.6) is 5.75 Å². The molecule has 1 aromatic carbocycles. The molecule has 1 aromatic rings. The van der Waals surface area contributed by atoms with E-state index in [-0.39, 0.29) is 0 Å². The maximum absolute atomic E-state index is 5.73. The van der Waals surface area contributed by atoms with E-state index in [0.717, 1.165) is 12.2 Å². The Bertz CT molecular complexity index is 375. The third-order valence-electron chi connectivity index (χ3n) is 3.23. The molecule has 0 amide bonds. The highest BCUT2D eigenvalue weighted by molar-refractivity contribution is 7.20. The number of nitrogens with one attached hydrogen (secondary N) is 1. The Labute approximate surface area is 119 Å². The molecule has 0 spiro atoms. The lowest BCUT2D eigenvalue weighted by Gasteiger charge is -2.18. The Morgan fingerprint density at radius 3 is 2.47 bits per heavy atom. The van der Waals surface area contributed by atoms with Crippen molar-refractivity contribution in [2.45, 2.75) is 58.9 Å². The van der Waals surface area contributed by atoms with Gasteiger partial charge in [-0.1, -0.05) is 59.7 Å². The van der Waals surface area contributed by atoms with Gasteiger partial charge in [0.2, 0.25) is 0 Å². The Hall–Kier alpha value is -0.850. The lowest BCUT2D eigenvalue weighted by atomic mass is 10.1. The molecule has 0 fully saturated rings. The second-order valence-electron chi connectivity index (χ2n) is 4.99. The highest BCUT2D eigenvalue weighted by Gasteiger charge is 2.08. The third kappa shape index (κ3) is 6.75. The fraction of sp³-hybridized carbons (Fsp3) is 0.562. The molecule has 0 aliphatic rings. The summed E-state index contributed by atoms with van der Waals surface area (Å²) in [6.45, 7) is 6.51. The van der Waals surface area contributed by atoms with Crippen molar-refractivity contribution in [2.24, 2.45) is 0 Å². The van der Waals surface area contributed by atoms with Gasteiger partial charge in [-0.05, 0) is 31.9 Å². The van der Waals surface area contributed by atoms with E-state index in [1.54, 1.807) is 0 Å². The predicted molar refractivity (Wildman–Crippen MR) is 86.5 cm³/mol. The van der Waals surface area contributed by atoms with Crippen LogP contribution in [0.2, 0.25) is 0 Å². The van der Waals surface area contributed by atoms with Crippen LogP contribution in [0.25, 0.3) is 0 Å². The molecule has 0 aliphatic heterocycles. The van der Waals surface area contributed by atoms with Crippen LogP contribution >= 0.6 is 8.86 Å². The molecule has 0 aliphatic carbocycles. The number of aryl methyl sites for hydroxylation is 1. The number of unbranched alkanes of at least 4 members (excludes halogenated alkanes) is 2. The number of hydrogen-bond donors (Lipinski definition) is 1. The summed E-state index contributed by atoms with van der Waals surface area (Å²) in [5, 5.41) is 3.40. The van der Waals surface area contributed by atoms with Crippen molar-refractivity contribution in [3.05, 3.63) is 29.8 Å². The van der Waals surface area contributed by atoms with Gasteiger partial charge in [0.15, 0.2) is 5.60 Å². The van der Waals surface area contributed by atoms with Crippen LogP contribution < -0.4 is 10.1 Å². The first kappa shape index (κ1) is 16.2. The van der Waals surface area contributed by atoms with Crippen LogP contribution in [-0.2, 0) is 0 Å². The summed E-state index contributed by atoms with van der Waals surface area (Å²) in [6, 6.07) is 8.54. The number of ether oxygens (including phenoxy) is 1. The Balaban J connectivity index is 2.37. The fourth-order valence-corrected chi connectivity index (χ4v) is 2.28.